The van der Waals surface area contributed by atoms with Crippen molar-refractivity contribution >= 4 is 18.0 Å². The molecule has 1 unspecified atom stereocenters. The highest BCUT2D eigenvalue weighted by Crippen LogP contribution is 2.18. The smallest absolute Gasteiger partial charge is 0.405 e. The monoisotopic (exact) mass is 306 g/mol. The number of amides is 2. The van der Waals surface area contributed by atoms with Gasteiger partial charge in [0.1, 0.15) is 12.1 Å². The molecule has 2 N–H and O–H groups in total. The van der Waals surface area contributed by atoms with Gasteiger partial charge in [-0.15, -0.1) is 0 Å². The zero-order chi connectivity index (χ0) is 16.1. The molecule has 0 saturated carbocycles. The summed E-state index contributed by atoms with van der Waals surface area (Å²) in [5.41, 5.74) is 0.859. The quantitative estimate of drug-likeness (QED) is 0.791. The van der Waals surface area contributed by atoms with Crippen molar-refractivity contribution in [1.29, 1.82) is 0 Å². The average Bonchev–Trinajstić information content (AvgIpc) is 2.90. The molecule has 0 radical (unpaired) electrons. The molecule has 118 valence electrons. The lowest BCUT2D eigenvalue weighted by Gasteiger charge is -2.29. The molecule has 1 saturated heterocycles. The van der Waals surface area contributed by atoms with Gasteiger partial charge in [0, 0.05) is 13.0 Å². The molecule has 1 aromatic carbocycles. The highest BCUT2D eigenvalue weighted by Gasteiger charge is 2.37. The van der Waals surface area contributed by atoms with Crippen LogP contribution in [0.4, 0.5) is 4.79 Å². The predicted molar refractivity (Wildman–Crippen MR) is 77.0 cm³/mol. The van der Waals surface area contributed by atoms with Gasteiger partial charge in [-0.05, 0) is 12.5 Å². The first-order valence-electron chi connectivity index (χ1n) is 6.99. The Bertz CT molecular complexity index is 560. The molecule has 0 aromatic heterocycles. The minimum Gasteiger partial charge on any atom is -0.465 e. The Morgan fingerprint density at radius 1 is 1.41 bits per heavy atom. The second-order valence-corrected chi connectivity index (χ2v) is 5.09. The highest BCUT2D eigenvalue weighted by atomic mass is 16.5. The van der Waals surface area contributed by atoms with Crippen molar-refractivity contribution in [3.8, 4) is 0 Å². The fraction of sp³-hybridized carbons (Fsp3) is 0.400. The van der Waals surface area contributed by atoms with E-state index in [1.807, 2.05) is 30.3 Å². The van der Waals surface area contributed by atoms with Crippen molar-refractivity contribution in [2.45, 2.75) is 32.0 Å². The summed E-state index contributed by atoms with van der Waals surface area (Å²) in [6.45, 7) is 1.95. The van der Waals surface area contributed by atoms with Crippen LogP contribution in [0.25, 0.3) is 0 Å². The number of hydrogen-bond acceptors (Lipinski definition) is 4. The van der Waals surface area contributed by atoms with Crippen molar-refractivity contribution in [1.82, 2.24) is 10.2 Å². The van der Waals surface area contributed by atoms with Crippen molar-refractivity contribution in [3.05, 3.63) is 35.9 Å². The minimum atomic E-state index is -1.28. The SMILES string of the molecule is CC(NC(=O)O)C(=O)N(Cc1ccccc1)[C@H]1CCOC1=O. The maximum atomic E-state index is 12.5. The van der Waals surface area contributed by atoms with E-state index in [0.717, 1.165) is 5.56 Å². The van der Waals surface area contributed by atoms with Crippen LogP contribution < -0.4 is 5.32 Å². The normalized spacial score (nSPS) is 18.4. The van der Waals surface area contributed by atoms with Gasteiger partial charge in [-0.3, -0.25) is 4.79 Å². The molecule has 7 nitrogen and oxygen atoms in total. The molecular formula is C15H18N2O5. The van der Waals surface area contributed by atoms with Gasteiger partial charge in [-0.2, -0.15) is 0 Å². The zero-order valence-corrected chi connectivity index (χ0v) is 12.2. The number of nitrogens with one attached hydrogen (secondary N) is 1. The third kappa shape index (κ3) is 3.75. The van der Waals surface area contributed by atoms with E-state index >= 15 is 0 Å². The van der Waals surface area contributed by atoms with Crippen LogP contribution in [0, 0.1) is 0 Å². The van der Waals surface area contributed by atoms with Crippen LogP contribution in [0.2, 0.25) is 0 Å². The number of carboxylic acid groups (broad SMARTS) is 1. The maximum absolute atomic E-state index is 12.5. The molecule has 1 heterocycles. The molecule has 1 aliphatic heterocycles. The van der Waals surface area contributed by atoms with Crippen LogP contribution in [0.1, 0.15) is 18.9 Å². The fourth-order valence-corrected chi connectivity index (χ4v) is 2.39. The van der Waals surface area contributed by atoms with Gasteiger partial charge in [0.05, 0.1) is 6.61 Å². The Morgan fingerprint density at radius 3 is 2.64 bits per heavy atom. The molecule has 0 spiro atoms. The summed E-state index contributed by atoms with van der Waals surface area (Å²) in [5.74, 6) is -0.901. The molecule has 1 aromatic rings. The van der Waals surface area contributed by atoms with Gasteiger partial charge in [-0.1, -0.05) is 30.3 Å². The van der Waals surface area contributed by atoms with Gasteiger partial charge in [0.25, 0.3) is 0 Å². The summed E-state index contributed by atoms with van der Waals surface area (Å²) in [6.07, 6.45) is -0.869. The number of benzene rings is 1. The van der Waals surface area contributed by atoms with Crippen LogP contribution in [0.5, 0.6) is 0 Å². The molecule has 0 aliphatic carbocycles. The summed E-state index contributed by atoms with van der Waals surface area (Å²) in [5, 5.41) is 10.9. The van der Waals surface area contributed by atoms with Crippen LogP contribution >= 0.6 is 0 Å². The molecule has 1 fully saturated rings. The number of esters is 1. The molecule has 7 heteroatoms. The molecule has 2 amide bonds. The Morgan fingerprint density at radius 2 is 2.09 bits per heavy atom. The standard InChI is InChI=1S/C15H18N2O5/c1-10(16-15(20)21)13(18)17(12-7-8-22-14(12)19)9-11-5-3-2-4-6-11/h2-6,10,12,16H,7-9H2,1H3,(H,20,21)/t10?,12-/m0/s1. The number of cyclic esters (lactones) is 1. The number of carbonyl (C=O) groups is 3. The lowest BCUT2D eigenvalue weighted by atomic mass is 10.1. The second-order valence-electron chi connectivity index (χ2n) is 5.09. The number of ether oxygens (including phenoxy) is 1. The van der Waals surface area contributed by atoms with Crippen LogP contribution in [-0.4, -0.2) is 46.7 Å². The summed E-state index contributed by atoms with van der Waals surface area (Å²) >= 11 is 0. The maximum Gasteiger partial charge on any atom is 0.405 e. The van der Waals surface area contributed by atoms with E-state index in [0.29, 0.717) is 6.42 Å². The van der Waals surface area contributed by atoms with Gasteiger partial charge in [0.15, 0.2) is 0 Å². The number of carbonyl (C=O) groups excluding carboxylic acids is 2. The van der Waals surface area contributed by atoms with Crippen LogP contribution in [0.3, 0.4) is 0 Å². The molecule has 2 atom stereocenters. The van der Waals surface area contributed by atoms with Gasteiger partial charge in [0.2, 0.25) is 5.91 Å². The van der Waals surface area contributed by atoms with Crippen molar-refractivity contribution in [2.75, 3.05) is 6.61 Å². The third-order valence-electron chi connectivity index (χ3n) is 3.47. The summed E-state index contributed by atoms with van der Waals surface area (Å²) < 4.78 is 4.93. The van der Waals surface area contributed by atoms with E-state index in [-0.39, 0.29) is 13.2 Å². The summed E-state index contributed by atoms with van der Waals surface area (Å²) in [6, 6.07) is 7.61. The Labute approximate surface area is 127 Å². The fourth-order valence-electron chi connectivity index (χ4n) is 2.39. The molecule has 1 aliphatic rings. The molecule has 0 bridgehead atoms. The largest absolute Gasteiger partial charge is 0.465 e. The summed E-state index contributed by atoms with van der Waals surface area (Å²) in [4.78, 5) is 36.4. The number of rotatable bonds is 5. The first kappa shape index (κ1) is 15.8. The van der Waals surface area contributed by atoms with Crippen molar-refractivity contribution < 1.29 is 24.2 Å². The number of nitrogens with zero attached hydrogens (tertiary/aromatic N) is 1. The van der Waals surface area contributed by atoms with E-state index in [4.69, 9.17) is 9.84 Å². The Balaban J connectivity index is 2.19. The van der Waals surface area contributed by atoms with E-state index in [1.165, 1.54) is 11.8 Å². The van der Waals surface area contributed by atoms with E-state index in [2.05, 4.69) is 5.32 Å². The first-order chi connectivity index (χ1) is 10.5. The Hall–Kier alpha value is -2.57. The van der Waals surface area contributed by atoms with Crippen LogP contribution in [0.15, 0.2) is 30.3 Å². The van der Waals surface area contributed by atoms with E-state index in [9.17, 15) is 14.4 Å². The minimum absolute atomic E-state index is 0.227. The zero-order valence-electron chi connectivity index (χ0n) is 12.2. The van der Waals surface area contributed by atoms with E-state index in [1.54, 1.807) is 0 Å². The second kappa shape index (κ2) is 6.93. The third-order valence-corrected chi connectivity index (χ3v) is 3.47. The van der Waals surface area contributed by atoms with Crippen LogP contribution in [-0.2, 0) is 20.9 Å². The molecule has 2 rings (SSSR count). The number of hydrogen-bond donors (Lipinski definition) is 2. The van der Waals surface area contributed by atoms with E-state index < -0.39 is 30.1 Å². The first-order valence-corrected chi connectivity index (χ1v) is 6.99. The van der Waals surface area contributed by atoms with Crippen molar-refractivity contribution in [2.24, 2.45) is 0 Å². The van der Waals surface area contributed by atoms with Gasteiger partial charge < -0.3 is 20.1 Å². The van der Waals surface area contributed by atoms with Crippen molar-refractivity contribution in [3.63, 3.8) is 0 Å². The Kier molecular flexibility index (Phi) is 4.98. The lowest BCUT2D eigenvalue weighted by molar-refractivity contribution is -0.149. The van der Waals surface area contributed by atoms with Gasteiger partial charge >= 0.3 is 12.1 Å². The highest BCUT2D eigenvalue weighted by molar-refractivity contribution is 5.89. The predicted octanol–water partition coefficient (Wildman–Crippen LogP) is 0.987. The lowest BCUT2D eigenvalue weighted by Crippen LogP contribution is -2.51. The molecule has 22 heavy (non-hydrogen) atoms. The average molecular weight is 306 g/mol. The summed E-state index contributed by atoms with van der Waals surface area (Å²) in [7, 11) is 0. The topological polar surface area (TPSA) is 95.9 Å². The van der Waals surface area contributed by atoms with Gasteiger partial charge in [-0.25, -0.2) is 9.59 Å². The molecular weight excluding hydrogens is 288 g/mol.